The molecule has 29 heavy (non-hydrogen) atoms. The highest BCUT2D eigenvalue weighted by Crippen LogP contribution is 2.22. The topological polar surface area (TPSA) is 78.5 Å². The molecule has 0 aliphatic heterocycles. The molecule has 6 heteroatoms. The van der Waals surface area contributed by atoms with E-state index in [0.29, 0.717) is 16.7 Å². The zero-order chi connectivity index (χ0) is 21.2. The van der Waals surface area contributed by atoms with Gasteiger partial charge in [-0.15, -0.1) is 0 Å². The molecule has 1 atom stereocenters. The second-order valence-corrected chi connectivity index (χ2v) is 8.06. The SMILES string of the molecule is CC(OC(=O)CCn1c(=O)oc2ccccc21)C(=O)c1ccc(C(C)(C)C)cc1. The fourth-order valence-corrected chi connectivity index (χ4v) is 3.11. The largest absolute Gasteiger partial charge is 0.454 e. The van der Waals surface area contributed by atoms with Crippen LogP contribution in [0.25, 0.3) is 11.1 Å². The maximum Gasteiger partial charge on any atom is 0.419 e. The van der Waals surface area contributed by atoms with Crippen molar-refractivity contribution in [1.82, 2.24) is 4.57 Å². The minimum Gasteiger partial charge on any atom is -0.454 e. The van der Waals surface area contributed by atoms with E-state index in [4.69, 9.17) is 9.15 Å². The van der Waals surface area contributed by atoms with E-state index >= 15 is 0 Å². The maximum atomic E-state index is 12.6. The lowest BCUT2D eigenvalue weighted by atomic mass is 9.86. The Bertz CT molecular complexity index is 1080. The number of nitrogens with zero attached hydrogens (tertiary/aromatic N) is 1. The van der Waals surface area contributed by atoms with Crippen LogP contribution in [0.5, 0.6) is 0 Å². The highest BCUT2D eigenvalue weighted by atomic mass is 16.5. The number of rotatable bonds is 6. The Morgan fingerprint density at radius 3 is 2.38 bits per heavy atom. The third kappa shape index (κ3) is 4.65. The minimum absolute atomic E-state index is 0.00496. The lowest BCUT2D eigenvalue weighted by Crippen LogP contribution is -2.26. The van der Waals surface area contributed by atoms with Gasteiger partial charge in [-0.1, -0.05) is 57.2 Å². The number of para-hydroxylation sites is 2. The van der Waals surface area contributed by atoms with Crippen molar-refractivity contribution in [2.75, 3.05) is 0 Å². The molecular weight excluding hydrogens is 370 g/mol. The van der Waals surface area contributed by atoms with Crippen molar-refractivity contribution in [3.05, 3.63) is 70.2 Å². The number of aryl methyl sites for hydroxylation is 1. The number of fused-ring (bicyclic) bond motifs is 1. The van der Waals surface area contributed by atoms with Crippen molar-refractivity contribution in [2.24, 2.45) is 0 Å². The van der Waals surface area contributed by atoms with Crippen LogP contribution in [0.3, 0.4) is 0 Å². The molecule has 0 N–H and O–H groups in total. The number of oxazole rings is 1. The van der Waals surface area contributed by atoms with E-state index < -0.39 is 17.8 Å². The fraction of sp³-hybridized carbons (Fsp3) is 0.348. The summed E-state index contributed by atoms with van der Waals surface area (Å²) in [5, 5.41) is 0. The molecule has 3 aromatic rings. The minimum atomic E-state index is -0.902. The highest BCUT2D eigenvalue weighted by molar-refractivity contribution is 6.00. The average Bonchev–Trinajstić information content (AvgIpc) is 3.00. The van der Waals surface area contributed by atoms with Gasteiger partial charge in [-0.2, -0.15) is 0 Å². The monoisotopic (exact) mass is 395 g/mol. The van der Waals surface area contributed by atoms with Crippen molar-refractivity contribution in [1.29, 1.82) is 0 Å². The molecule has 6 nitrogen and oxygen atoms in total. The molecule has 0 saturated carbocycles. The average molecular weight is 395 g/mol. The summed E-state index contributed by atoms with van der Waals surface area (Å²) in [6, 6.07) is 14.3. The van der Waals surface area contributed by atoms with Crippen LogP contribution in [-0.2, 0) is 21.5 Å². The molecule has 0 fully saturated rings. The second-order valence-electron chi connectivity index (χ2n) is 8.06. The second kappa shape index (κ2) is 8.07. The van der Waals surface area contributed by atoms with Gasteiger partial charge in [-0.05, 0) is 30.0 Å². The number of benzene rings is 2. The summed E-state index contributed by atoms with van der Waals surface area (Å²) in [5.74, 6) is -1.33. The molecule has 2 aromatic carbocycles. The molecule has 152 valence electrons. The maximum absolute atomic E-state index is 12.6. The first kappa shape index (κ1) is 20.6. The number of aromatic nitrogens is 1. The molecule has 1 aromatic heterocycles. The van der Waals surface area contributed by atoms with Crippen LogP contribution in [0, 0.1) is 0 Å². The van der Waals surface area contributed by atoms with E-state index in [0.717, 1.165) is 5.56 Å². The van der Waals surface area contributed by atoms with Crippen molar-refractivity contribution in [3.63, 3.8) is 0 Å². The van der Waals surface area contributed by atoms with Gasteiger partial charge in [0.2, 0.25) is 5.78 Å². The Balaban J connectivity index is 1.60. The number of carbonyl (C=O) groups is 2. The summed E-state index contributed by atoms with van der Waals surface area (Å²) >= 11 is 0. The first-order valence-corrected chi connectivity index (χ1v) is 9.59. The number of esters is 1. The van der Waals surface area contributed by atoms with Gasteiger partial charge in [0.25, 0.3) is 0 Å². The lowest BCUT2D eigenvalue weighted by Gasteiger charge is -2.19. The summed E-state index contributed by atoms with van der Waals surface area (Å²) in [6.07, 6.45) is -0.940. The van der Waals surface area contributed by atoms with Gasteiger partial charge >= 0.3 is 11.7 Å². The normalized spacial score (nSPS) is 12.7. The van der Waals surface area contributed by atoms with Crippen molar-refractivity contribution < 1.29 is 18.7 Å². The molecule has 0 saturated heterocycles. The summed E-state index contributed by atoms with van der Waals surface area (Å²) in [4.78, 5) is 36.7. The smallest absolute Gasteiger partial charge is 0.419 e. The Morgan fingerprint density at radius 2 is 1.72 bits per heavy atom. The number of Topliss-reactive ketones (excluding diaryl/α,β-unsaturated/α-hetero) is 1. The summed E-state index contributed by atoms with van der Waals surface area (Å²) in [6.45, 7) is 7.97. The first-order valence-electron chi connectivity index (χ1n) is 9.59. The lowest BCUT2D eigenvalue weighted by molar-refractivity contribution is -0.146. The molecule has 0 bridgehead atoms. The van der Waals surface area contributed by atoms with Crippen LogP contribution in [0.15, 0.2) is 57.7 Å². The predicted octanol–water partition coefficient (Wildman–Crippen LogP) is 4.10. The van der Waals surface area contributed by atoms with Crippen molar-refractivity contribution in [3.8, 4) is 0 Å². The highest BCUT2D eigenvalue weighted by Gasteiger charge is 2.21. The van der Waals surface area contributed by atoms with E-state index in [2.05, 4.69) is 20.8 Å². The van der Waals surface area contributed by atoms with Crippen LogP contribution in [0.1, 0.15) is 50.0 Å². The van der Waals surface area contributed by atoms with Gasteiger partial charge in [-0.25, -0.2) is 4.79 Å². The zero-order valence-electron chi connectivity index (χ0n) is 17.1. The molecule has 0 amide bonds. The van der Waals surface area contributed by atoms with Gasteiger partial charge in [0.1, 0.15) is 0 Å². The standard InChI is InChI=1S/C23H25NO5/c1-15(21(26)16-9-11-17(12-10-16)23(2,3)4)28-20(25)13-14-24-18-7-5-6-8-19(18)29-22(24)27/h5-12,15H,13-14H2,1-4H3. The van der Waals surface area contributed by atoms with Crippen LogP contribution in [-0.4, -0.2) is 22.4 Å². The van der Waals surface area contributed by atoms with Gasteiger partial charge < -0.3 is 9.15 Å². The van der Waals surface area contributed by atoms with Crippen molar-refractivity contribution >= 4 is 22.9 Å². The van der Waals surface area contributed by atoms with Gasteiger partial charge in [0, 0.05) is 12.1 Å². The van der Waals surface area contributed by atoms with Gasteiger partial charge in [0.05, 0.1) is 11.9 Å². The molecular formula is C23H25NO5. The summed E-state index contributed by atoms with van der Waals surface area (Å²) < 4.78 is 11.8. The van der Waals surface area contributed by atoms with Gasteiger partial charge in [0.15, 0.2) is 11.7 Å². The van der Waals surface area contributed by atoms with E-state index in [1.54, 1.807) is 43.3 Å². The van der Waals surface area contributed by atoms with Crippen molar-refractivity contribution in [2.45, 2.75) is 52.2 Å². The molecule has 3 rings (SSSR count). The van der Waals surface area contributed by atoms with E-state index in [1.807, 2.05) is 12.1 Å². The van der Waals surface area contributed by atoms with E-state index in [-0.39, 0.29) is 24.2 Å². The van der Waals surface area contributed by atoms with Crippen LogP contribution in [0.2, 0.25) is 0 Å². The third-order valence-corrected chi connectivity index (χ3v) is 4.83. The molecule has 0 aliphatic rings. The molecule has 0 radical (unpaired) electrons. The number of hydrogen-bond donors (Lipinski definition) is 0. The Hall–Kier alpha value is -3.15. The molecule has 1 unspecified atom stereocenters. The fourth-order valence-electron chi connectivity index (χ4n) is 3.11. The van der Waals surface area contributed by atoms with Gasteiger partial charge in [-0.3, -0.25) is 14.2 Å². The third-order valence-electron chi connectivity index (χ3n) is 4.83. The molecule has 0 spiro atoms. The Morgan fingerprint density at radius 1 is 1.07 bits per heavy atom. The van der Waals surface area contributed by atoms with E-state index in [9.17, 15) is 14.4 Å². The zero-order valence-corrected chi connectivity index (χ0v) is 17.1. The number of hydrogen-bond acceptors (Lipinski definition) is 5. The number of ether oxygens (including phenoxy) is 1. The Kier molecular flexibility index (Phi) is 5.73. The van der Waals surface area contributed by atoms with Crippen LogP contribution < -0.4 is 5.76 Å². The Labute approximate surface area is 169 Å². The predicted molar refractivity (Wildman–Crippen MR) is 110 cm³/mol. The summed E-state index contributed by atoms with van der Waals surface area (Å²) in [7, 11) is 0. The quantitative estimate of drug-likeness (QED) is 0.464. The van der Waals surface area contributed by atoms with Crippen LogP contribution >= 0.6 is 0 Å². The first-order chi connectivity index (χ1) is 13.7. The van der Waals surface area contributed by atoms with E-state index in [1.165, 1.54) is 4.57 Å². The number of ketones is 1. The molecule has 0 aliphatic carbocycles. The summed E-state index contributed by atoms with van der Waals surface area (Å²) in [5.41, 5.74) is 2.70. The number of carbonyl (C=O) groups excluding carboxylic acids is 2. The molecule has 1 heterocycles. The van der Waals surface area contributed by atoms with Crippen LogP contribution in [0.4, 0.5) is 0 Å².